The molecule has 0 aliphatic rings. The van der Waals surface area contributed by atoms with E-state index in [1.165, 1.54) is 30.2 Å². The van der Waals surface area contributed by atoms with Crippen molar-refractivity contribution in [1.82, 2.24) is 25.1 Å². The summed E-state index contributed by atoms with van der Waals surface area (Å²) >= 11 is 2.63. The zero-order valence-electron chi connectivity index (χ0n) is 18.5. The number of benzene rings is 2. The Morgan fingerprint density at radius 3 is 2.65 bits per heavy atom. The normalized spacial score (nSPS) is 10.6. The fourth-order valence-corrected chi connectivity index (χ4v) is 4.54. The lowest BCUT2D eigenvalue weighted by Gasteiger charge is -2.09. The summed E-state index contributed by atoms with van der Waals surface area (Å²) < 4.78 is 6.98. The van der Waals surface area contributed by atoms with Crippen LogP contribution in [-0.2, 0) is 18.4 Å². The summed E-state index contributed by atoms with van der Waals surface area (Å²) in [6.45, 7) is 0.189. The Bertz CT molecular complexity index is 1290. The van der Waals surface area contributed by atoms with Crippen molar-refractivity contribution < 1.29 is 14.3 Å². The molecule has 2 N–H and O–H groups in total. The molecule has 2 amide bonds. The second kappa shape index (κ2) is 10.9. The van der Waals surface area contributed by atoms with Gasteiger partial charge < -0.3 is 19.9 Å². The standard InChI is InChI=1S/C23H22N6O3S2/c1-29-19(12-24-21(31)16-10-6-7-11-18(16)32-2)27-28-23(29)34-14-20(30)26-22-25-17(13-33-22)15-8-4-3-5-9-15/h3-11,13H,12,14H2,1-2H3,(H,24,31)(H,25,26,30). The summed E-state index contributed by atoms with van der Waals surface area (Å²) in [5.41, 5.74) is 2.26. The van der Waals surface area contributed by atoms with E-state index in [1.807, 2.05) is 35.7 Å². The van der Waals surface area contributed by atoms with Crippen LogP contribution in [0.3, 0.4) is 0 Å². The highest BCUT2D eigenvalue weighted by atomic mass is 32.2. The third kappa shape index (κ3) is 5.61. The molecule has 0 bridgehead atoms. The zero-order valence-corrected chi connectivity index (χ0v) is 20.2. The van der Waals surface area contributed by atoms with E-state index < -0.39 is 0 Å². The minimum Gasteiger partial charge on any atom is -0.496 e. The van der Waals surface area contributed by atoms with E-state index in [0.717, 1.165) is 11.3 Å². The van der Waals surface area contributed by atoms with E-state index in [4.69, 9.17) is 4.74 Å². The second-order valence-corrected chi connectivity index (χ2v) is 8.88. The van der Waals surface area contributed by atoms with Gasteiger partial charge in [-0.15, -0.1) is 21.5 Å². The number of aromatic nitrogens is 4. The predicted octanol–water partition coefficient (Wildman–Crippen LogP) is 3.61. The summed E-state index contributed by atoms with van der Waals surface area (Å²) in [4.78, 5) is 29.3. The minimum atomic E-state index is -0.271. The average Bonchev–Trinajstić information content (AvgIpc) is 3.48. The molecule has 0 radical (unpaired) electrons. The molecule has 9 nitrogen and oxygen atoms in total. The Labute approximate surface area is 204 Å². The summed E-state index contributed by atoms with van der Waals surface area (Å²) in [6.07, 6.45) is 0. The molecule has 0 aliphatic heterocycles. The number of rotatable bonds is 9. The van der Waals surface area contributed by atoms with Crippen molar-refractivity contribution >= 4 is 40.0 Å². The van der Waals surface area contributed by atoms with Gasteiger partial charge in [-0.3, -0.25) is 9.59 Å². The van der Waals surface area contributed by atoms with Crippen molar-refractivity contribution in [2.75, 3.05) is 18.2 Å². The van der Waals surface area contributed by atoms with E-state index in [1.54, 1.807) is 35.9 Å². The molecule has 2 aromatic heterocycles. The largest absolute Gasteiger partial charge is 0.496 e. The van der Waals surface area contributed by atoms with Gasteiger partial charge in [0.2, 0.25) is 5.91 Å². The Kier molecular flexibility index (Phi) is 7.55. The minimum absolute atomic E-state index is 0.153. The van der Waals surface area contributed by atoms with Crippen molar-refractivity contribution in [3.63, 3.8) is 0 Å². The first kappa shape index (κ1) is 23.5. The van der Waals surface area contributed by atoms with Gasteiger partial charge in [-0.05, 0) is 12.1 Å². The molecule has 34 heavy (non-hydrogen) atoms. The van der Waals surface area contributed by atoms with Crippen molar-refractivity contribution in [3.8, 4) is 17.0 Å². The number of hydrogen-bond acceptors (Lipinski definition) is 8. The molecule has 174 valence electrons. The molecule has 0 fully saturated rings. The lowest BCUT2D eigenvalue weighted by atomic mass is 10.2. The number of anilines is 1. The van der Waals surface area contributed by atoms with Gasteiger partial charge in [-0.25, -0.2) is 4.98 Å². The molecule has 4 rings (SSSR count). The topological polar surface area (TPSA) is 111 Å². The van der Waals surface area contributed by atoms with Gasteiger partial charge in [0.25, 0.3) is 5.91 Å². The number of amides is 2. The fraction of sp³-hybridized carbons (Fsp3) is 0.174. The molecule has 0 spiro atoms. The number of thioether (sulfide) groups is 1. The summed E-state index contributed by atoms with van der Waals surface area (Å²) in [7, 11) is 3.31. The van der Waals surface area contributed by atoms with Gasteiger partial charge in [-0.2, -0.15) is 0 Å². The van der Waals surface area contributed by atoms with Gasteiger partial charge in [0.1, 0.15) is 5.75 Å². The first-order chi connectivity index (χ1) is 16.5. The smallest absolute Gasteiger partial charge is 0.255 e. The van der Waals surface area contributed by atoms with Crippen LogP contribution in [-0.4, -0.2) is 44.4 Å². The molecular weight excluding hydrogens is 472 g/mol. The lowest BCUT2D eigenvalue weighted by Crippen LogP contribution is -2.25. The van der Waals surface area contributed by atoms with Crippen LogP contribution < -0.4 is 15.4 Å². The van der Waals surface area contributed by atoms with E-state index in [0.29, 0.717) is 27.4 Å². The number of nitrogens with one attached hydrogen (secondary N) is 2. The van der Waals surface area contributed by atoms with Crippen LogP contribution in [0.5, 0.6) is 5.75 Å². The van der Waals surface area contributed by atoms with E-state index in [9.17, 15) is 9.59 Å². The van der Waals surface area contributed by atoms with Crippen LogP contribution in [0.25, 0.3) is 11.3 Å². The highest BCUT2D eigenvalue weighted by molar-refractivity contribution is 7.99. The van der Waals surface area contributed by atoms with Crippen LogP contribution in [0, 0.1) is 0 Å². The molecule has 2 aromatic carbocycles. The molecule has 11 heteroatoms. The quantitative estimate of drug-likeness (QED) is 0.342. The van der Waals surface area contributed by atoms with Crippen molar-refractivity contribution in [2.24, 2.45) is 7.05 Å². The molecule has 0 saturated heterocycles. The monoisotopic (exact) mass is 494 g/mol. The molecule has 0 aliphatic carbocycles. The van der Waals surface area contributed by atoms with Crippen LogP contribution in [0.15, 0.2) is 65.1 Å². The Morgan fingerprint density at radius 1 is 1.09 bits per heavy atom. The van der Waals surface area contributed by atoms with E-state index in [2.05, 4.69) is 25.8 Å². The highest BCUT2D eigenvalue weighted by Gasteiger charge is 2.15. The maximum atomic E-state index is 12.5. The van der Waals surface area contributed by atoms with Crippen LogP contribution in [0.4, 0.5) is 5.13 Å². The maximum Gasteiger partial charge on any atom is 0.255 e. The van der Waals surface area contributed by atoms with Gasteiger partial charge in [0.15, 0.2) is 16.1 Å². The molecule has 0 saturated carbocycles. The van der Waals surface area contributed by atoms with E-state index >= 15 is 0 Å². The van der Waals surface area contributed by atoms with Crippen LogP contribution in [0.1, 0.15) is 16.2 Å². The van der Waals surface area contributed by atoms with Crippen molar-refractivity contribution in [3.05, 3.63) is 71.4 Å². The van der Waals surface area contributed by atoms with Gasteiger partial charge >= 0.3 is 0 Å². The maximum absolute atomic E-state index is 12.5. The number of nitrogens with zero attached hydrogens (tertiary/aromatic N) is 4. The van der Waals surface area contributed by atoms with Gasteiger partial charge in [0.05, 0.1) is 30.7 Å². The first-order valence-electron chi connectivity index (χ1n) is 10.3. The Balaban J connectivity index is 1.29. The van der Waals surface area contributed by atoms with Crippen molar-refractivity contribution in [1.29, 1.82) is 0 Å². The molecule has 0 atom stereocenters. The molecule has 4 aromatic rings. The number of ether oxygens (including phenoxy) is 1. The first-order valence-corrected chi connectivity index (χ1v) is 12.1. The highest BCUT2D eigenvalue weighted by Crippen LogP contribution is 2.25. The van der Waals surface area contributed by atoms with Gasteiger partial charge in [0, 0.05) is 18.0 Å². The summed E-state index contributed by atoms with van der Waals surface area (Å²) in [5.74, 6) is 0.759. The lowest BCUT2D eigenvalue weighted by molar-refractivity contribution is -0.113. The molecule has 2 heterocycles. The second-order valence-electron chi connectivity index (χ2n) is 7.08. The van der Waals surface area contributed by atoms with Crippen LogP contribution >= 0.6 is 23.1 Å². The average molecular weight is 495 g/mol. The zero-order chi connectivity index (χ0) is 23.9. The summed E-state index contributed by atoms with van der Waals surface area (Å²) in [5, 5.41) is 16.9. The molecule has 0 unspecified atom stereocenters. The number of carbonyl (C=O) groups excluding carboxylic acids is 2. The third-order valence-corrected chi connectivity index (χ3v) is 6.61. The predicted molar refractivity (Wildman–Crippen MR) is 132 cm³/mol. The van der Waals surface area contributed by atoms with Crippen LogP contribution in [0.2, 0.25) is 0 Å². The number of para-hydroxylation sites is 1. The number of hydrogen-bond donors (Lipinski definition) is 2. The number of carbonyl (C=O) groups is 2. The number of methoxy groups -OCH3 is 1. The Morgan fingerprint density at radius 2 is 1.85 bits per heavy atom. The van der Waals surface area contributed by atoms with E-state index in [-0.39, 0.29) is 24.1 Å². The Hall–Kier alpha value is -3.70. The molecular formula is C23H22N6O3S2. The summed E-state index contributed by atoms with van der Waals surface area (Å²) in [6, 6.07) is 16.8. The number of thiazole rings is 1. The third-order valence-electron chi connectivity index (χ3n) is 4.84. The van der Waals surface area contributed by atoms with Gasteiger partial charge in [-0.1, -0.05) is 54.2 Å². The SMILES string of the molecule is COc1ccccc1C(=O)NCc1nnc(SCC(=O)Nc2nc(-c3ccccc3)cs2)n1C. The van der Waals surface area contributed by atoms with Crippen molar-refractivity contribution in [2.45, 2.75) is 11.7 Å². The fourth-order valence-electron chi connectivity index (χ4n) is 3.07.